The van der Waals surface area contributed by atoms with Gasteiger partial charge in [-0.05, 0) is 73.5 Å². The highest BCUT2D eigenvalue weighted by atomic mass is 32.2. The Kier molecular flexibility index (Phi) is 4.04. The molecule has 25 heavy (non-hydrogen) atoms. The highest BCUT2D eigenvalue weighted by molar-refractivity contribution is 7.91. The molecule has 0 aliphatic carbocycles. The molecule has 2 heterocycles. The first-order valence-electron chi connectivity index (χ1n) is 8.58. The Morgan fingerprint density at radius 2 is 1.80 bits per heavy atom. The predicted molar refractivity (Wildman–Crippen MR) is 95.1 cm³/mol. The molecule has 1 unspecified atom stereocenters. The van der Waals surface area contributed by atoms with Crippen molar-refractivity contribution in [2.24, 2.45) is 5.92 Å². The summed E-state index contributed by atoms with van der Waals surface area (Å²) in [7, 11) is -3.65. The van der Waals surface area contributed by atoms with E-state index in [0.717, 1.165) is 30.8 Å². The SMILES string of the molecule is CC1CNCC[C@H]2Nc3ccc(S(=O)(=O)c4ccc(F)cc4)cc3[C@@H]12. The van der Waals surface area contributed by atoms with Gasteiger partial charge in [-0.1, -0.05) is 6.92 Å². The van der Waals surface area contributed by atoms with Crippen molar-refractivity contribution in [3.8, 4) is 0 Å². The second-order valence-electron chi connectivity index (χ2n) is 6.95. The van der Waals surface area contributed by atoms with Gasteiger partial charge in [-0.2, -0.15) is 0 Å². The summed E-state index contributed by atoms with van der Waals surface area (Å²) in [6.45, 7) is 4.10. The molecule has 0 saturated carbocycles. The van der Waals surface area contributed by atoms with E-state index in [1.807, 2.05) is 6.07 Å². The summed E-state index contributed by atoms with van der Waals surface area (Å²) >= 11 is 0. The molecule has 0 radical (unpaired) electrons. The molecule has 0 bridgehead atoms. The minimum atomic E-state index is -3.65. The molecular formula is C19H21FN2O2S. The van der Waals surface area contributed by atoms with Gasteiger partial charge in [0.1, 0.15) is 5.82 Å². The van der Waals surface area contributed by atoms with Gasteiger partial charge in [-0.15, -0.1) is 0 Å². The Morgan fingerprint density at radius 1 is 1.08 bits per heavy atom. The Bertz CT molecular complexity index is 896. The van der Waals surface area contributed by atoms with Crippen LogP contribution in [0.5, 0.6) is 0 Å². The molecule has 4 nitrogen and oxygen atoms in total. The van der Waals surface area contributed by atoms with Crippen molar-refractivity contribution in [2.75, 3.05) is 18.4 Å². The van der Waals surface area contributed by atoms with Crippen molar-refractivity contribution in [1.82, 2.24) is 5.32 Å². The smallest absolute Gasteiger partial charge is 0.206 e. The minimum absolute atomic E-state index is 0.118. The van der Waals surface area contributed by atoms with E-state index in [1.54, 1.807) is 12.1 Å². The fourth-order valence-electron chi connectivity index (χ4n) is 4.04. The number of rotatable bonds is 2. The summed E-state index contributed by atoms with van der Waals surface area (Å²) in [6, 6.07) is 10.6. The maximum Gasteiger partial charge on any atom is 0.206 e. The van der Waals surface area contributed by atoms with Crippen LogP contribution in [0.25, 0.3) is 0 Å². The van der Waals surface area contributed by atoms with Gasteiger partial charge in [0.2, 0.25) is 9.84 Å². The van der Waals surface area contributed by atoms with Crippen molar-refractivity contribution in [3.05, 3.63) is 53.8 Å². The third-order valence-electron chi connectivity index (χ3n) is 5.30. The molecule has 6 heteroatoms. The molecule has 0 amide bonds. The van der Waals surface area contributed by atoms with Gasteiger partial charge in [-0.3, -0.25) is 0 Å². The molecule has 2 N–H and O–H groups in total. The van der Waals surface area contributed by atoms with Crippen LogP contribution in [0.15, 0.2) is 52.3 Å². The van der Waals surface area contributed by atoms with E-state index in [4.69, 9.17) is 0 Å². The Balaban J connectivity index is 1.76. The first kappa shape index (κ1) is 16.5. The van der Waals surface area contributed by atoms with Gasteiger partial charge in [0.15, 0.2) is 0 Å². The molecule has 2 aromatic rings. The Morgan fingerprint density at radius 3 is 2.56 bits per heavy atom. The quantitative estimate of drug-likeness (QED) is 0.808. The molecule has 2 aromatic carbocycles. The Hall–Kier alpha value is -1.92. The highest BCUT2D eigenvalue weighted by Crippen LogP contribution is 2.43. The maximum atomic E-state index is 13.1. The lowest BCUT2D eigenvalue weighted by atomic mass is 9.84. The van der Waals surface area contributed by atoms with Crippen molar-refractivity contribution < 1.29 is 12.8 Å². The first-order chi connectivity index (χ1) is 12.0. The van der Waals surface area contributed by atoms with Crippen LogP contribution in [0, 0.1) is 11.7 Å². The van der Waals surface area contributed by atoms with Crippen molar-refractivity contribution >= 4 is 15.5 Å². The lowest BCUT2D eigenvalue weighted by Gasteiger charge is -2.22. The summed E-state index contributed by atoms with van der Waals surface area (Å²) in [6.07, 6.45) is 1.02. The van der Waals surface area contributed by atoms with Crippen LogP contribution in [-0.4, -0.2) is 27.5 Å². The van der Waals surface area contributed by atoms with E-state index < -0.39 is 15.7 Å². The average Bonchev–Trinajstić information content (AvgIpc) is 2.86. The van der Waals surface area contributed by atoms with Crippen LogP contribution in [0.1, 0.15) is 24.8 Å². The molecule has 0 spiro atoms. The van der Waals surface area contributed by atoms with Gasteiger partial charge < -0.3 is 10.6 Å². The van der Waals surface area contributed by atoms with Crippen LogP contribution in [0.2, 0.25) is 0 Å². The number of nitrogens with one attached hydrogen (secondary N) is 2. The van der Waals surface area contributed by atoms with Gasteiger partial charge >= 0.3 is 0 Å². The Labute approximate surface area is 147 Å². The second kappa shape index (κ2) is 6.11. The van der Waals surface area contributed by atoms with Crippen LogP contribution >= 0.6 is 0 Å². The van der Waals surface area contributed by atoms with E-state index in [-0.39, 0.29) is 9.79 Å². The molecule has 132 valence electrons. The normalized spacial score (nSPS) is 25.6. The third kappa shape index (κ3) is 2.83. The lowest BCUT2D eigenvalue weighted by molar-refractivity contribution is 0.443. The summed E-state index contributed by atoms with van der Waals surface area (Å²) in [5.74, 6) is 0.276. The fourth-order valence-corrected chi connectivity index (χ4v) is 5.34. The largest absolute Gasteiger partial charge is 0.381 e. The fraction of sp³-hybridized carbons (Fsp3) is 0.368. The van der Waals surface area contributed by atoms with Gasteiger partial charge in [-0.25, -0.2) is 12.8 Å². The molecule has 4 rings (SSSR count). The number of anilines is 1. The zero-order chi connectivity index (χ0) is 17.6. The van der Waals surface area contributed by atoms with E-state index in [9.17, 15) is 12.8 Å². The topological polar surface area (TPSA) is 58.2 Å². The molecule has 2 aliphatic rings. The summed E-state index contributed by atoms with van der Waals surface area (Å²) in [5.41, 5.74) is 2.10. The monoisotopic (exact) mass is 360 g/mol. The van der Waals surface area contributed by atoms with Crippen LogP contribution < -0.4 is 10.6 Å². The number of halogens is 1. The number of benzene rings is 2. The number of hydrogen-bond acceptors (Lipinski definition) is 4. The van der Waals surface area contributed by atoms with E-state index >= 15 is 0 Å². The van der Waals surface area contributed by atoms with E-state index in [0.29, 0.717) is 17.9 Å². The summed E-state index contributed by atoms with van der Waals surface area (Å²) in [4.78, 5) is 0.386. The number of hydrogen-bond donors (Lipinski definition) is 2. The minimum Gasteiger partial charge on any atom is -0.381 e. The number of fused-ring (bicyclic) bond motifs is 3. The molecule has 0 aromatic heterocycles. The predicted octanol–water partition coefficient (Wildman–Crippen LogP) is 3.17. The van der Waals surface area contributed by atoms with Gasteiger partial charge in [0.25, 0.3) is 0 Å². The highest BCUT2D eigenvalue weighted by Gasteiger charge is 2.37. The average molecular weight is 360 g/mol. The van der Waals surface area contributed by atoms with E-state index in [1.165, 1.54) is 24.3 Å². The van der Waals surface area contributed by atoms with Crippen molar-refractivity contribution in [3.63, 3.8) is 0 Å². The second-order valence-corrected chi connectivity index (χ2v) is 8.90. The van der Waals surface area contributed by atoms with Crippen LogP contribution in [-0.2, 0) is 9.84 Å². The van der Waals surface area contributed by atoms with Crippen LogP contribution in [0.4, 0.5) is 10.1 Å². The molecule has 1 fully saturated rings. The first-order valence-corrected chi connectivity index (χ1v) is 10.1. The number of sulfone groups is 1. The third-order valence-corrected chi connectivity index (χ3v) is 7.07. The lowest BCUT2D eigenvalue weighted by Crippen LogP contribution is -2.25. The summed E-state index contributed by atoms with van der Waals surface area (Å²) < 4.78 is 38.9. The molecule has 1 saturated heterocycles. The van der Waals surface area contributed by atoms with Crippen molar-refractivity contribution in [2.45, 2.75) is 35.1 Å². The maximum absolute atomic E-state index is 13.1. The van der Waals surface area contributed by atoms with E-state index in [2.05, 4.69) is 17.6 Å². The van der Waals surface area contributed by atoms with Gasteiger partial charge in [0, 0.05) is 17.6 Å². The summed E-state index contributed by atoms with van der Waals surface area (Å²) in [5, 5.41) is 6.99. The standard InChI is InChI=1S/C19H21FN2O2S/c1-12-11-21-9-8-18-19(12)16-10-15(6-7-17(16)22-18)25(23,24)14-4-2-13(20)3-5-14/h2-7,10,12,18-19,21-22H,8-9,11H2,1H3/t12?,18-,19-/m1/s1. The zero-order valence-corrected chi connectivity index (χ0v) is 14.8. The molecule has 3 atom stereocenters. The van der Waals surface area contributed by atoms with Gasteiger partial charge in [0.05, 0.1) is 9.79 Å². The zero-order valence-electron chi connectivity index (χ0n) is 14.0. The van der Waals surface area contributed by atoms with Crippen molar-refractivity contribution in [1.29, 1.82) is 0 Å². The van der Waals surface area contributed by atoms with Crippen LogP contribution in [0.3, 0.4) is 0 Å². The molecule has 2 aliphatic heterocycles. The molecular weight excluding hydrogens is 339 g/mol.